The highest BCUT2D eigenvalue weighted by atomic mass is 16.1. The third-order valence-electron chi connectivity index (χ3n) is 2.19. The number of hydrogen-bond acceptors (Lipinski definition) is 2. The third kappa shape index (κ3) is 4.03. The Balaban J connectivity index is 2.73. The summed E-state index contributed by atoms with van der Waals surface area (Å²) >= 11 is 0. The zero-order valence-electron chi connectivity index (χ0n) is 10.4. The zero-order valence-corrected chi connectivity index (χ0v) is 10.4. The molecule has 0 fully saturated rings. The van der Waals surface area contributed by atoms with Crippen LogP contribution in [0.4, 0.5) is 0 Å². The summed E-state index contributed by atoms with van der Waals surface area (Å²) < 4.78 is 0. The first-order chi connectivity index (χ1) is 7.28. The maximum Gasteiger partial charge on any atom is 0.251 e. The average Bonchev–Trinajstić information content (AvgIpc) is 2.11. The highest BCUT2D eigenvalue weighted by molar-refractivity contribution is 5.94. The minimum atomic E-state index is -0.380. The molecular weight excluding hydrogens is 200 g/mol. The number of carbonyl (C=O) groups excluding carboxylic acids is 1. The van der Waals surface area contributed by atoms with E-state index in [1.807, 2.05) is 45.9 Å². The van der Waals surface area contributed by atoms with Crippen molar-refractivity contribution in [1.82, 2.24) is 5.32 Å². The molecule has 0 saturated heterocycles. The molecule has 0 saturated carbocycles. The number of benzene rings is 1. The van der Waals surface area contributed by atoms with E-state index in [0.29, 0.717) is 12.1 Å². The molecule has 0 radical (unpaired) electrons. The molecule has 0 heterocycles. The van der Waals surface area contributed by atoms with Crippen LogP contribution in [-0.4, -0.2) is 18.0 Å². The van der Waals surface area contributed by atoms with Crippen LogP contribution in [0.1, 0.15) is 35.3 Å². The number of aryl methyl sites for hydroxylation is 2. The average molecular weight is 220 g/mol. The third-order valence-corrected chi connectivity index (χ3v) is 2.19. The number of amides is 1. The molecular formula is C13H20N2O. The van der Waals surface area contributed by atoms with Crippen molar-refractivity contribution in [1.29, 1.82) is 0 Å². The van der Waals surface area contributed by atoms with E-state index >= 15 is 0 Å². The Morgan fingerprint density at radius 3 is 2.19 bits per heavy atom. The fourth-order valence-corrected chi connectivity index (χ4v) is 1.52. The fraction of sp³-hybridized carbons (Fsp3) is 0.462. The van der Waals surface area contributed by atoms with Crippen LogP contribution in [-0.2, 0) is 0 Å². The Bertz CT molecular complexity index is 371. The van der Waals surface area contributed by atoms with Gasteiger partial charge in [-0.2, -0.15) is 0 Å². The van der Waals surface area contributed by atoms with Gasteiger partial charge in [-0.15, -0.1) is 0 Å². The van der Waals surface area contributed by atoms with Crippen molar-refractivity contribution in [2.75, 3.05) is 6.54 Å². The smallest absolute Gasteiger partial charge is 0.251 e. The Labute approximate surface area is 97.0 Å². The number of rotatable bonds is 3. The van der Waals surface area contributed by atoms with Gasteiger partial charge in [0.15, 0.2) is 0 Å². The predicted molar refractivity (Wildman–Crippen MR) is 66.5 cm³/mol. The first-order valence-corrected chi connectivity index (χ1v) is 5.43. The van der Waals surface area contributed by atoms with Crippen LogP contribution < -0.4 is 11.1 Å². The lowest BCUT2D eigenvalue weighted by molar-refractivity contribution is 0.0946. The van der Waals surface area contributed by atoms with Crippen LogP contribution in [0.3, 0.4) is 0 Å². The van der Waals surface area contributed by atoms with Crippen molar-refractivity contribution in [3.05, 3.63) is 34.9 Å². The summed E-state index contributed by atoms with van der Waals surface area (Å²) in [6.45, 7) is 8.20. The van der Waals surface area contributed by atoms with Crippen LogP contribution >= 0.6 is 0 Å². The van der Waals surface area contributed by atoms with Gasteiger partial charge in [0, 0.05) is 17.6 Å². The monoisotopic (exact) mass is 220 g/mol. The van der Waals surface area contributed by atoms with Crippen molar-refractivity contribution < 1.29 is 4.79 Å². The van der Waals surface area contributed by atoms with E-state index in [1.54, 1.807) is 0 Å². The van der Waals surface area contributed by atoms with Crippen molar-refractivity contribution >= 4 is 5.91 Å². The SMILES string of the molecule is Cc1cc(C)cc(C(=O)NCC(C)(C)N)c1. The predicted octanol–water partition coefficient (Wildman–Crippen LogP) is 1.77. The second kappa shape index (κ2) is 4.66. The van der Waals surface area contributed by atoms with Crippen molar-refractivity contribution in [3.8, 4) is 0 Å². The van der Waals surface area contributed by atoms with E-state index in [4.69, 9.17) is 5.73 Å². The lowest BCUT2D eigenvalue weighted by atomic mass is 10.1. The lowest BCUT2D eigenvalue weighted by Gasteiger charge is -2.19. The topological polar surface area (TPSA) is 55.1 Å². The summed E-state index contributed by atoms with van der Waals surface area (Å²) in [6.07, 6.45) is 0. The van der Waals surface area contributed by atoms with Gasteiger partial charge in [-0.05, 0) is 39.8 Å². The molecule has 0 unspecified atom stereocenters. The minimum absolute atomic E-state index is 0.0645. The summed E-state index contributed by atoms with van der Waals surface area (Å²) in [5.41, 5.74) is 8.31. The Kier molecular flexibility index (Phi) is 3.70. The molecule has 16 heavy (non-hydrogen) atoms. The minimum Gasteiger partial charge on any atom is -0.350 e. The van der Waals surface area contributed by atoms with Crippen molar-refractivity contribution in [3.63, 3.8) is 0 Å². The molecule has 3 nitrogen and oxygen atoms in total. The van der Waals surface area contributed by atoms with E-state index in [0.717, 1.165) is 11.1 Å². The van der Waals surface area contributed by atoms with E-state index in [9.17, 15) is 4.79 Å². The first kappa shape index (κ1) is 12.7. The van der Waals surface area contributed by atoms with Gasteiger partial charge in [-0.25, -0.2) is 0 Å². The molecule has 3 N–H and O–H groups in total. The fourth-order valence-electron chi connectivity index (χ4n) is 1.52. The maximum absolute atomic E-state index is 11.8. The van der Waals surface area contributed by atoms with Crippen LogP contribution in [0.15, 0.2) is 18.2 Å². The van der Waals surface area contributed by atoms with Crippen molar-refractivity contribution in [2.24, 2.45) is 5.73 Å². The number of nitrogens with two attached hydrogens (primary N) is 1. The molecule has 1 aromatic rings. The molecule has 0 bridgehead atoms. The van der Waals surface area contributed by atoms with Gasteiger partial charge in [0.25, 0.3) is 5.91 Å². The normalized spacial score (nSPS) is 11.3. The molecule has 0 spiro atoms. The standard InChI is InChI=1S/C13H20N2O/c1-9-5-10(2)7-11(6-9)12(16)15-8-13(3,4)14/h5-7H,8,14H2,1-4H3,(H,15,16). The summed E-state index contributed by atoms with van der Waals surface area (Å²) in [5, 5.41) is 2.83. The molecule has 1 rings (SSSR count). The number of nitrogens with one attached hydrogen (secondary N) is 1. The molecule has 0 atom stereocenters. The quantitative estimate of drug-likeness (QED) is 0.815. The summed E-state index contributed by atoms with van der Waals surface area (Å²) in [5.74, 6) is -0.0645. The molecule has 88 valence electrons. The van der Waals surface area contributed by atoms with Crippen LogP contribution in [0.5, 0.6) is 0 Å². The van der Waals surface area contributed by atoms with Gasteiger partial charge in [0.05, 0.1) is 0 Å². The zero-order chi connectivity index (χ0) is 12.3. The first-order valence-electron chi connectivity index (χ1n) is 5.43. The summed E-state index contributed by atoms with van der Waals surface area (Å²) in [4.78, 5) is 11.8. The maximum atomic E-state index is 11.8. The number of hydrogen-bond donors (Lipinski definition) is 2. The molecule has 1 aromatic carbocycles. The van der Waals surface area contributed by atoms with Gasteiger partial charge in [-0.1, -0.05) is 17.2 Å². The van der Waals surface area contributed by atoms with E-state index < -0.39 is 0 Å². The van der Waals surface area contributed by atoms with Gasteiger partial charge < -0.3 is 11.1 Å². The van der Waals surface area contributed by atoms with Gasteiger partial charge >= 0.3 is 0 Å². The lowest BCUT2D eigenvalue weighted by Crippen LogP contribution is -2.45. The van der Waals surface area contributed by atoms with Crippen LogP contribution in [0.2, 0.25) is 0 Å². The molecule has 0 aliphatic rings. The molecule has 0 aliphatic heterocycles. The van der Waals surface area contributed by atoms with Crippen LogP contribution in [0.25, 0.3) is 0 Å². The summed E-state index contributed by atoms with van der Waals surface area (Å²) in [6, 6.07) is 5.81. The largest absolute Gasteiger partial charge is 0.350 e. The highest BCUT2D eigenvalue weighted by Gasteiger charge is 2.13. The van der Waals surface area contributed by atoms with Gasteiger partial charge in [-0.3, -0.25) is 4.79 Å². The van der Waals surface area contributed by atoms with Crippen molar-refractivity contribution in [2.45, 2.75) is 33.2 Å². The van der Waals surface area contributed by atoms with Gasteiger partial charge in [0.1, 0.15) is 0 Å². The highest BCUT2D eigenvalue weighted by Crippen LogP contribution is 2.08. The molecule has 0 aromatic heterocycles. The van der Waals surface area contributed by atoms with E-state index in [-0.39, 0.29) is 11.4 Å². The van der Waals surface area contributed by atoms with Gasteiger partial charge in [0.2, 0.25) is 0 Å². The summed E-state index contributed by atoms with van der Waals surface area (Å²) in [7, 11) is 0. The molecule has 3 heteroatoms. The van der Waals surface area contributed by atoms with E-state index in [1.165, 1.54) is 0 Å². The molecule has 1 amide bonds. The van der Waals surface area contributed by atoms with E-state index in [2.05, 4.69) is 5.32 Å². The van der Waals surface area contributed by atoms with Crippen LogP contribution in [0, 0.1) is 13.8 Å². The Hall–Kier alpha value is -1.35. The Morgan fingerprint density at radius 2 is 1.75 bits per heavy atom. The second-order valence-electron chi connectivity index (χ2n) is 5.05. The molecule has 0 aliphatic carbocycles. The second-order valence-corrected chi connectivity index (χ2v) is 5.05. The number of carbonyl (C=O) groups is 1. The Morgan fingerprint density at radius 1 is 1.25 bits per heavy atom.